The molecule has 3 aliphatic rings. The third-order valence-corrected chi connectivity index (χ3v) is 5.55. The number of benzene rings is 1. The van der Waals surface area contributed by atoms with Gasteiger partial charge in [0.1, 0.15) is 0 Å². The molecule has 0 bridgehead atoms. The Labute approximate surface area is 159 Å². The van der Waals surface area contributed by atoms with Gasteiger partial charge in [-0.2, -0.15) is 0 Å². The van der Waals surface area contributed by atoms with Crippen LogP contribution in [0.4, 0.5) is 11.4 Å². The van der Waals surface area contributed by atoms with E-state index in [0.29, 0.717) is 26.3 Å². The summed E-state index contributed by atoms with van der Waals surface area (Å²) >= 11 is 0. The van der Waals surface area contributed by atoms with Crippen LogP contribution in [0, 0.1) is 5.92 Å². The van der Waals surface area contributed by atoms with Gasteiger partial charge in [0, 0.05) is 39.2 Å². The molecule has 0 spiro atoms. The van der Waals surface area contributed by atoms with E-state index in [2.05, 4.69) is 10.2 Å². The fourth-order valence-corrected chi connectivity index (χ4v) is 4.04. The highest BCUT2D eigenvalue weighted by Gasteiger charge is 2.36. The fraction of sp³-hybridized carbons (Fsp3) is 0.600. The number of ether oxygens (including phenoxy) is 2. The number of morpholine rings is 1. The zero-order valence-corrected chi connectivity index (χ0v) is 15.6. The average Bonchev–Trinajstić information content (AvgIpc) is 3.36. The van der Waals surface area contributed by atoms with Gasteiger partial charge in [0.15, 0.2) is 0 Å². The Morgan fingerprint density at radius 1 is 1.15 bits per heavy atom. The Morgan fingerprint density at radius 3 is 2.67 bits per heavy atom. The number of nitrogens with zero attached hydrogens (tertiary/aromatic N) is 2. The van der Waals surface area contributed by atoms with Gasteiger partial charge >= 0.3 is 0 Å². The second kappa shape index (κ2) is 8.27. The number of carbonyl (C=O) groups is 2. The molecule has 0 radical (unpaired) electrons. The van der Waals surface area contributed by atoms with E-state index in [-0.39, 0.29) is 30.3 Å². The van der Waals surface area contributed by atoms with Crippen molar-refractivity contribution in [2.45, 2.75) is 25.4 Å². The monoisotopic (exact) mass is 373 g/mol. The molecule has 0 aromatic heterocycles. The van der Waals surface area contributed by atoms with Crippen LogP contribution in [-0.4, -0.2) is 63.9 Å². The Morgan fingerprint density at radius 2 is 1.93 bits per heavy atom. The summed E-state index contributed by atoms with van der Waals surface area (Å²) in [6.45, 7) is 4.74. The highest BCUT2D eigenvalue weighted by atomic mass is 16.5. The van der Waals surface area contributed by atoms with E-state index in [1.165, 1.54) is 0 Å². The number of hydrogen-bond donors (Lipinski definition) is 1. The Bertz CT molecular complexity index is 684. The normalized spacial score (nSPS) is 25.9. The minimum absolute atomic E-state index is 0.00739. The van der Waals surface area contributed by atoms with Crippen LogP contribution < -0.4 is 15.1 Å². The van der Waals surface area contributed by atoms with Crippen molar-refractivity contribution < 1.29 is 19.1 Å². The molecule has 3 heterocycles. The maximum Gasteiger partial charge on any atom is 0.227 e. The average molecular weight is 373 g/mol. The van der Waals surface area contributed by atoms with E-state index in [4.69, 9.17) is 9.47 Å². The molecule has 3 aliphatic heterocycles. The molecule has 1 aromatic rings. The lowest BCUT2D eigenvalue weighted by molar-refractivity contribution is -0.126. The molecule has 4 rings (SSSR count). The summed E-state index contributed by atoms with van der Waals surface area (Å²) in [6, 6.07) is 7.94. The molecular formula is C20H27N3O4. The minimum Gasteiger partial charge on any atom is -0.378 e. The fourth-order valence-electron chi connectivity index (χ4n) is 4.04. The minimum atomic E-state index is -0.309. The summed E-state index contributed by atoms with van der Waals surface area (Å²) in [5.74, 6) is -0.352. The van der Waals surface area contributed by atoms with Crippen LogP contribution in [0.2, 0.25) is 0 Å². The van der Waals surface area contributed by atoms with Gasteiger partial charge in [-0.1, -0.05) is 12.1 Å². The predicted octanol–water partition coefficient (Wildman–Crippen LogP) is 1.17. The number of carbonyl (C=O) groups excluding carboxylic acids is 2. The molecule has 7 heteroatoms. The zero-order valence-electron chi connectivity index (χ0n) is 15.6. The number of hydrogen-bond acceptors (Lipinski definition) is 5. The van der Waals surface area contributed by atoms with E-state index >= 15 is 0 Å². The summed E-state index contributed by atoms with van der Waals surface area (Å²) in [5.41, 5.74) is 1.92. The van der Waals surface area contributed by atoms with Gasteiger partial charge in [-0.25, -0.2) is 0 Å². The highest BCUT2D eigenvalue weighted by molar-refractivity contribution is 6.02. The second-order valence-electron chi connectivity index (χ2n) is 7.37. The van der Waals surface area contributed by atoms with Crippen LogP contribution in [0.5, 0.6) is 0 Å². The molecule has 1 N–H and O–H groups in total. The SMILES string of the molecule is O=C(NCC1CCCO1)C1CC(=O)N(c2ccccc2N2CCOCC2)C1. The molecule has 3 saturated heterocycles. The molecule has 146 valence electrons. The first-order chi connectivity index (χ1) is 13.2. The van der Waals surface area contributed by atoms with E-state index in [1.54, 1.807) is 4.90 Å². The quantitative estimate of drug-likeness (QED) is 0.839. The van der Waals surface area contributed by atoms with Crippen LogP contribution in [0.25, 0.3) is 0 Å². The maximum atomic E-state index is 12.7. The van der Waals surface area contributed by atoms with Gasteiger partial charge in [-0.3, -0.25) is 9.59 Å². The molecule has 27 heavy (non-hydrogen) atoms. The Kier molecular flexibility index (Phi) is 5.59. The predicted molar refractivity (Wildman–Crippen MR) is 102 cm³/mol. The van der Waals surface area contributed by atoms with Gasteiger partial charge in [-0.15, -0.1) is 0 Å². The van der Waals surface area contributed by atoms with Gasteiger partial charge < -0.3 is 24.6 Å². The van der Waals surface area contributed by atoms with E-state index in [9.17, 15) is 9.59 Å². The number of rotatable bonds is 5. The maximum absolute atomic E-state index is 12.7. The lowest BCUT2D eigenvalue weighted by Gasteiger charge is -2.32. The summed E-state index contributed by atoms with van der Waals surface area (Å²) in [5, 5.41) is 2.97. The number of para-hydroxylation sites is 2. The third-order valence-electron chi connectivity index (χ3n) is 5.55. The molecule has 3 fully saturated rings. The van der Waals surface area contributed by atoms with Crippen molar-refractivity contribution in [2.75, 3.05) is 55.8 Å². The smallest absolute Gasteiger partial charge is 0.227 e. The van der Waals surface area contributed by atoms with Crippen molar-refractivity contribution in [1.29, 1.82) is 0 Å². The molecule has 2 amide bonds. The van der Waals surface area contributed by atoms with E-state index in [0.717, 1.165) is 43.9 Å². The standard InChI is InChI=1S/C20H27N3O4/c24-19-12-15(20(25)21-13-16-4-3-9-27-16)14-23(19)18-6-2-1-5-17(18)22-7-10-26-11-8-22/h1-2,5-6,15-16H,3-4,7-14H2,(H,21,25). The first-order valence-corrected chi connectivity index (χ1v) is 9.84. The lowest BCUT2D eigenvalue weighted by atomic mass is 10.1. The molecule has 2 atom stereocenters. The van der Waals surface area contributed by atoms with Crippen molar-refractivity contribution in [3.05, 3.63) is 24.3 Å². The van der Waals surface area contributed by atoms with Crippen molar-refractivity contribution in [1.82, 2.24) is 5.32 Å². The summed E-state index contributed by atoms with van der Waals surface area (Å²) in [4.78, 5) is 29.2. The molecule has 0 aliphatic carbocycles. The van der Waals surface area contributed by atoms with Gasteiger partial charge in [-0.05, 0) is 25.0 Å². The van der Waals surface area contributed by atoms with Gasteiger partial charge in [0.2, 0.25) is 11.8 Å². The zero-order chi connectivity index (χ0) is 18.6. The summed E-state index contributed by atoms with van der Waals surface area (Å²) < 4.78 is 11.0. The first kappa shape index (κ1) is 18.3. The van der Waals surface area contributed by atoms with Crippen molar-refractivity contribution in [3.8, 4) is 0 Å². The number of anilines is 2. The molecular weight excluding hydrogens is 346 g/mol. The van der Waals surface area contributed by atoms with Crippen molar-refractivity contribution in [3.63, 3.8) is 0 Å². The number of nitrogens with one attached hydrogen (secondary N) is 1. The van der Waals surface area contributed by atoms with E-state index < -0.39 is 0 Å². The van der Waals surface area contributed by atoms with Crippen LogP contribution >= 0.6 is 0 Å². The van der Waals surface area contributed by atoms with Crippen LogP contribution in [0.1, 0.15) is 19.3 Å². The van der Waals surface area contributed by atoms with Gasteiger partial charge in [0.05, 0.1) is 36.6 Å². The highest BCUT2D eigenvalue weighted by Crippen LogP contribution is 2.34. The third kappa shape index (κ3) is 4.09. The topological polar surface area (TPSA) is 71.1 Å². The summed E-state index contributed by atoms with van der Waals surface area (Å²) in [7, 11) is 0. The molecule has 7 nitrogen and oxygen atoms in total. The van der Waals surface area contributed by atoms with Gasteiger partial charge in [0.25, 0.3) is 0 Å². The second-order valence-corrected chi connectivity index (χ2v) is 7.37. The Balaban J connectivity index is 1.42. The van der Waals surface area contributed by atoms with Crippen LogP contribution in [-0.2, 0) is 19.1 Å². The van der Waals surface area contributed by atoms with Crippen molar-refractivity contribution in [2.24, 2.45) is 5.92 Å². The molecule has 0 saturated carbocycles. The van der Waals surface area contributed by atoms with Crippen LogP contribution in [0.3, 0.4) is 0 Å². The molecule has 2 unspecified atom stereocenters. The molecule has 1 aromatic carbocycles. The summed E-state index contributed by atoms with van der Waals surface area (Å²) in [6.07, 6.45) is 2.41. The first-order valence-electron chi connectivity index (χ1n) is 9.84. The lowest BCUT2D eigenvalue weighted by Crippen LogP contribution is -2.39. The van der Waals surface area contributed by atoms with Crippen molar-refractivity contribution >= 4 is 23.2 Å². The van der Waals surface area contributed by atoms with E-state index in [1.807, 2.05) is 24.3 Å². The Hall–Kier alpha value is -2.12. The number of amides is 2. The largest absolute Gasteiger partial charge is 0.378 e. The van der Waals surface area contributed by atoms with Crippen LogP contribution in [0.15, 0.2) is 24.3 Å².